The molecule has 0 saturated carbocycles. The molecule has 0 rings (SSSR count). The van der Waals surface area contributed by atoms with Crippen LogP contribution in [-0.2, 0) is 0 Å². The van der Waals surface area contributed by atoms with E-state index in [0.29, 0.717) is 0 Å². The van der Waals surface area contributed by atoms with Gasteiger partial charge in [-0.3, -0.25) is 0 Å². The first-order chi connectivity index (χ1) is 6.79. The van der Waals surface area contributed by atoms with Gasteiger partial charge in [-0.25, -0.2) is 0 Å². The van der Waals surface area contributed by atoms with Gasteiger partial charge in [0.25, 0.3) is 0 Å². The lowest BCUT2D eigenvalue weighted by atomic mass is 10.5. The number of rotatable bonds is 6. The average molecular weight is 206 g/mol. The lowest BCUT2D eigenvalue weighted by molar-refractivity contribution is 1.62. The third-order valence-corrected chi connectivity index (χ3v) is 4.02. The van der Waals surface area contributed by atoms with Crippen molar-refractivity contribution in [2.75, 3.05) is 6.16 Å². The average Bonchev–Trinajstić information content (AvgIpc) is 2.22. The monoisotopic (exact) mass is 206 g/mol. The van der Waals surface area contributed by atoms with E-state index in [1.807, 2.05) is 25.2 Å². The third-order valence-electron chi connectivity index (χ3n) is 1.78. The first-order valence-corrected chi connectivity index (χ1v) is 6.35. The first-order valence-electron chi connectivity index (χ1n) is 4.75. The molecule has 76 valence electrons. The molecule has 14 heavy (non-hydrogen) atoms. The van der Waals surface area contributed by atoms with Crippen LogP contribution < -0.4 is 0 Å². The predicted molar refractivity (Wildman–Crippen MR) is 69.9 cm³/mol. The van der Waals surface area contributed by atoms with Gasteiger partial charge in [-0.05, 0) is 33.2 Å². The highest BCUT2D eigenvalue weighted by atomic mass is 31.1. The van der Waals surface area contributed by atoms with Crippen molar-refractivity contribution in [3.8, 4) is 0 Å². The fourth-order valence-corrected chi connectivity index (χ4v) is 2.88. The van der Waals surface area contributed by atoms with E-state index in [4.69, 9.17) is 0 Å². The molecule has 0 spiro atoms. The van der Waals surface area contributed by atoms with Gasteiger partial charge in [-0.15, -0.1) is 0 Å². The minimum absolute atomic E-state index is 0.232. The fourth-order valence-electron chi connectivity index (χ4n) is 1.04. The summed E-state index contributed by atoms with van der Waals surface area (Å²) >= 11 is 0. The number of allylic oxidation sites excluding steroid dienone is 7. The molecule has 0 aliphatic rings. The van der Waals surface area contributed by atoms with Gasteiger partial charge in [0.2, 0.25) is 0 Å². The number of hydrogen-bond acceptors (Lipinski definition) is 0. The van der Waals surface area contributed by atoms with Crippen LogP contribution in [0.25, 0.3) is 0 Å². The van der Waals surface area contributed by atoms with Crippen molar-refractivity contribution in [3.63, 3.8) is 0 Å². The van der Waals surface area contributed by atoms with E-state index in [-0.39, 0.29) is 7.92 Å². The van der Waals surface area contributed by atoms with Crippen LogP contribution in [0, 0.1) is 0 Å². The third kappa shape index (κ3) is 4.99. The second-order valence-electron chi connectivity index (χ2n) is 2.72. The van der Waals surface area contributed by atoms with Crippen LogP contribution in [0.1, 0.15) is 13.8 Å². The molecule has 0 bridgehead atoms. The van der Waals surface area contributed by atoms with Crippen LogP contribution in [-0.4, -0.2) is 6.16 Å². The Morgan fingerprint density at radius 3 is 2.43 bits per heavy atom. The quantitative estimate of drug-likeness (QED) is 0.331. The normalized spacial score (nSPS) is 14.9. The standard InChI is InChI=1S/C13H19P/c1-5-9-11-14(12-10-6-2)13(7-3)8-4/h5-11H,1,3,12H2,2,4H3/b10-6-,11-9+,13-8+. The van der Waals surface area contributed by atoms with Crippen LogP contribution >= 0.6 is 7.92 Å². The van der Waals surface area contributed by atoms with Gasteiger partial charge in [0.05, 0.1) is 0 Å². The maximum Gasteiger partial charge on any atom is -0.00699 e. The molecular formula is C13H19P. The van der Waals surface area contributed by atoms with E-state index >= 15 is 0 Å². The summed E-state index contributed by atoms with van der Waals surface area (Å²) in [5.74, 6) is 2.22. The lowest BCUT2D eigenvalue weighted by Gasteiger charge is -2.11. The van der Waals surface area contributed by atoms with Crippen molar-refractivity contribution >= 4 is 7.92 Å². The van der Waals surface area contributed by atoms with Crippen molar-refractivity contribution in [1.82, 2.24) is 0 Å². The number of hydrogen-bond donors (Lipinski definition) is 0. The van der Waals surface area contributed by atoms with Gasteiger partial charge >= 0.3 is 0 Å². The van der Waals surface area contributed by atoms with Crippen molar-refractivity contribution in [3.05, 3.63) is 60.7 Å². The Hall–Kier alpha value is -0.870. The highest BCUT2D eigenvalue weighted by molar-refractivity contribution is 7.65. The summed E-state index contributed by atoms with van der Waals surface area (Å²) in [4.78, 5) is 0. The molecule has 0 fully saturated rings. The fraction of sp³-hybridized carbons (Fsp3) is 0.231. The molecule has 0 heterocycles. The van der Waals surface area contributed by atoms with Crippen molar-refractivity contribution < 1.29 is 0 Å². The summed E-state index contributed by atoms with van der Waals surface area (Å²) < 4.78 is 0. The zero-order valence-corrected chi connectivity index (χ0v) is 10.0. The molecule has 1 heteroatoms. The molecule has 0 amide bonds. The Morgan fingerprint density at radius 2 is 2.00 bits per heavy atom. The minimum atomic E-state index is -0.232. The Kier molecular flexibility index (Phi) is 8.17. The highest BCUT2D eigenvalue weighted by Crippen LogP contribution is 2.46. The predicted octanol–water partition coefficient (Wildman–Crippen LogP) is 4.83. The molecule has 0 aromatic carbocycles. The molecule has 0 radical (unpaired) electrons. The Labute approximate surface area is 89.2 Å². The summed E-state index contributed by atoms with van der Waals surface area (Å²) in [5.41, 5.74) is 0. The van der Waals surface area contributed by atoms with E-state index in [1.54, 1.807) is 0 Å². The molecule has 0 aromatic rings. The van der Waals surface area contributed by atoms with Crippen LogP contribution in [0.5, 0.6) is 0 Å². The van der Waals surface area contributed by atoms with Crippen LogP contribution in [0.15, 0.2) is 60.7 Å². The van der Waals surface area contributed by atoms with Crippen molar-refractivity contribution in [1.29, 1.82) is 0 Å². The van der Waals surface area contributed by atoms with Gasteiger partial charge < -0.3 is 0 Å². The van der Waals surface area contributed by atoms with E-state index in [1.165, 1.54) is 5.31 Å². The minimum Gasteiger partial charge on any atom is -0.0991 e. The second kappa shape index (κ2) is 8.72. The summed E-state index contributed by atoms with van der Waals surface area (Å²) in [5, 5.41) is 1.33. The molecule has 0 aromatic heterocycles. The first kappa shape index (κ1) is 13.1. The lowest BCUT2D eigenvalue weighted by Crippen LogP contribution is -1.79. The topological polar surface area (TPSA) is 0 Å². The van der Waals surface area contributed by atoms with Gasteiger partial charge in [0.15, 0.2) is 0 Å². The summed E-state index contributed by atoms with van der Waals surface area (Å²) in [7, 11) is -0.232. The van der Waals surface area contributed by atoms with Gasteiger partial charge in [-0.2, -0.15) is 0 Å². The summed E-state index contributed by atoms with van der Waals surface area (Å²) in [6, 6.07) is 0. The molecule has 1 atom stereocenters. The molecule has 0 saturated heterocycles. The van der Waals surface area contributed by atoms with Gasteiger partial charge in [0, 0.05) is 0 Å². The largest absolute Gasteiger partial charge is 0.0991 e. The SMILES string of the molecule is C=C/C=C/P(C/C=C\C)/C(C=C)=C/C. The van der Waals surface area contributed by atoms with E-state index in [0.717, 1.165) is 6.16 Å². The smallest absolute Gasteiger partial charge is 0.00699 e. The molecule has 1 unspecified atom stereocenters. The highest BCUT2D eigenvalue weighted by Gasteiger charge is 2.03. The van der Waals surface area contributed by atoms with E-state index < -0.39 is 0 Å². The molecule has 0 aliphatic heterocycles. The molecule has 0 aliphatic carbocycles. The molecular weight excluding hydrogens is 187 g/mol. The second-order valence-corrected chi connectivity index (χ2v) is 4.84. The zero-order chi connectivity index (χ0) is 10.8. The van der Waals surface area contributed by atoms with Gasteiger partial charge in [0.1, 0.15) is 0 Å². The van der Waals surface area contributed by atoms with Crippen LogP contribution in [0.4, 0.5) is 0 Å². The van der Waals surface area contributed by atoms with Crippen LogP contribution in [0.3, 0.4) is 0 Å². The van der Waals surface area contributed by atoms with E-state index in [2.05, 4.69) is 44.1 Å². The Bertz CT molecular complexity index is 256. The maximum absolute atomic E-state index is 3.83. The van der Waals surface area contributed by atoms with E-state index in [9.17, 15) is 0 Å². The molecule has 0 N–H and O–H groups in total. The van der Waals surface area contributed by atoms with Crippen molar-refractivity contribution in [2.45, 2.75) is 13.8 Å². The summed E-state index contributed by atoms with van der Waals surface area (Å²) in [6.45, 7) is 11.6. The van der Waals surface area contributed by atoms with Crippen LogP contribution in [0.2, 0.25) is 0 Å². The summed E-state index contributed by atoms with van der Waals surface area (Å²) in [6.07, 6.45) is 13.3. The van der Waals surface area contributed by atoms with Crippen molar-refractivity contribution in [2.24, 2.45) is 0 Å². The Balaban J connectivity index is 4.60. The molecule has 0 nitrogen and oxygen atoms in total. The maximum atomic E-state index is 3.83. The Morgan fingerprint density at radius 1 is 1.29 bits per heavy atom. The zero-order valence-electron chi connectivity index (χ0n) is 9.11. The van der Waals surface area contributed by atoms with Gasteiger partial charge in [-0.1, -0.05) is 55.4 Å².